The van der Waals surface area contributed by atoms with Crippen LogP contribution in [0, 0.1) is 0 Å². The molecular formula is C19H22N2O. The van der Waals surface area contributed by atoms with Crippen LogP contribution in [-0.2, 0) is 12.8 Å². The number of fused-ring (bicyclic) bond motifs is 2. The van der Waals surface area contributed by atoms with Crippen LogP contribution in [0.2, 0.25) is 0 Å². The summed E-state index contributed by atoms with van der Waals surface area (Å²) >= 11 is 0. The highest BCUT2D eigenvalue weighted by Crippen LogP contribution is 2.40. The Morgan fingerprint density at radius 1 is 1.00 bits per heavy atom. The Kier molecular flexibility index (Phi) is 2.61. The summed E-state index contributed by atoms with van der Waals surface area (Å²) in [5.74, 6) is 0. The molecule has 0 saturated carbocycles. The molecule has 3 aliphatic rings. The van der Waals surface area contributed by atoms with Crippen LogP contribution in [0.1, 0.15) is 42.9 Å². The van der Waals surface area contributed by atoms with E-state index in [2.05, 4.69) is 34.8 Å². The SMILES string of the molecule is CN1[C@@H]2CC[C@H]1CC(n1cc3c4c(cccc4c1=O)CC3)C2. The molecule has 1 unspecified atom stereocenters. The van der Waals surface area contributed by atoms with Crippen LogP contribution in [0.15, 0.2) is 29.2 Å². The molecule has 0 spiro atoms. The van der Waals surface area contributed by atoms with Gasteiger partial charge in [-0.15, -0.1) is 0 Å². The van der Waals surface area contributed by atoms with Gasteiger partial charge in [-0.05, 0) is 68.2 Å². The normalized spacial score (nSPS) is 30.3. The van der Waals surface area contributed by atoms with Crippen molar-refractivity contribution in [2.24, 2.45) is 0 Å². The van der Waals surface area contributed by atoms with Crippen molar-refractivity contribution in [2.45, 2.75) is 56.7 Å². The number of nitrogens with zero attached hydrogens (tertiary/aromatic N) is 2. The monoisotopic (exact) mass is 294 g/mol. The van der Waals surface area contributed by atoms with Gasteiger partial charge < -0.3 is 9.47 Å². The second-order valence-corrected chi connectivity index (χ2v) is 7.38. The molecule has 1 aromatic carbocycles. The summed E-state index contributed by atoms with van der Waals surface area (Å²) in [6, 6.07) is 7.99. The Morgan fingerprint density at radius 3 is 2.50 bits per heavy atom. The average Bonchev–Trinajstić information content (AvgIpc) is 3.00. The van der Waals surface area contributed by atoms with Crippen LogP contribution < -0.4 is 5.56 Å². The summed E-state index contributed by atoms with van der Waals surface area (Å²) in [6.45, 7) is 0. The van der Waals surface area contributed by atoms with Gasteiger partial charge in [0.05, 0.1) is 0 Å². The van der Waals surface area contributed by atoms with E-state index in [1.807, 2.05) is 6.07 Å². The predicted molar refractivity (Wildman–Crippen MR) is 88.5 cm³/mol. The molecule has 0 radical (unpaired) electrons. The molecule has 0 amide bonds. The molecule has 0 N–H and O–H groups in total. The first-order valence-corrected chi connectivity index (χ1v) is 8.60. The maximum atomic E-state index is 13.0. The van der Waals surface area contributed by atoms with E-state index in [0.29, 0.717) is 18.1 Å². The number of piperidine rings is 1. The van der Waals surface area contributed by atoms with Crippen LogP contribution >= 0.6 is 0 Å². The number of hydrogen-bond donors (Lipinski definition) is 0. The quantitative estimate of drug-likeness (QED) is 0.808. The summed E-state index contributed by atoms with van der Waals surface area (Å²) in [7, 11) is 2.26. The number of aryl methyl sites for hydroxylation is 2. The topological polar surface area (TPSA) is 25.2 Å². The summed E-state index contributed by atoms with van der Waals surface area (Å²) in [5, 5.41) is 2.19. The lowest BCUT2D eigenvalue weighted by molar-refractivity contribution is 0.136. The molecule has 1 aromatic heterocycles. The van der Waals surface area contributed by atoms with Crippen molar-refractivity contribution in [3.63, 3.8) is 0 Å². The molecule has 3 heteroatoms. The van der Waals surface area contributed by atoms with Crippen molar-refractivity contribution in [3.05, 3.63) is 45.9 Å². The second kappa shape index (κ2) is 4.45. The van der Waals surface area contributed by atoms with Crippen LogP contribution in [-0.4, -0.2) is 28.6 Å². The van der Waals surface area contributed by atoms with Gasteiger partial charge in [0.15, 0.2) is 0 Å². The van der Waals surface area contributed by atoms with Gasteiger partial charge in [-0.1, -0.05) is 12.1 Å². The van der Waals surface area contributed by atoms with Gasteiger partial charge in [0, 0.05) is 29.7 Å². The zero-order valence-electron chi connectivity index (χ0n) is 13.1. The number of benzene rings is 1. The fourth-order valence-electron chi connectivity index (χ4n) is 5.14. The molecule has 3 nitrogen and oxygen atoms in total. The summed E-state index contributed by atoms with van der Waals surface area (Å²) in [6.07, 6.45) is 9.25. The standard InChI is InChI=1S/C19H22N2O/c1-20-14-7-8-15(20)10-16(9-14)21-11-13-6-5-12-3-2-4-17(18(12)13)19(21)22/h2-4,11,14-16H,5-10H2,1H3/t14-,15+,16?. The van der Waals surface area contributed by atoms with Crippen LogP contribution in [0.4, 0.5) is 0 Å². The van der Waals surface area contributed by atoms with E-state index >= 15 is 0 Å². The third kappa shape index (κ3) is 1.63. The molecule has 1 aliphatic carbocycles. The Bertz CT molecular complexity index is 808. The molecule has 114 valence electrons. The minimum absolute atomic E-state index is 0.233. The molecular weight excluding hydrogens is 272 g/mol. The molecule has 3 heterocycles. The fourth-order valence-corrected chi connectivity index (χ4v) is 5.14. The highest BCUT2D eigenvalue weighted by molar-refractivity contribution is 5.89. The summed E-state index contributed by atoms with van der Waals surface area (Å²) in [4.78, 5) is 15.6. The maximum absolute atomic E-state index is 13.0. The van der Waals surface area contributed by atoms with Crippen LogP contribution in [0.5, 0.6) is 0 Å². The molecule has 2 bridgehead atoms. The lowest BCUT2D eigenvalue weighted by Gasteiger charge is -2.37. The second-order valence-electron chi connectivity index (χ2n) is 7.38. The lowest BCUT2D eigenvalue weighted by Crippen LogP contribution is -2.42. The number of pyridine rings is 1. The van der Waals surface area contributed by atoms with Crippen molar-refractivity contribution >= 4 is 10.8 Å². The molecule has 2 saturated heterocycles. The maximum Gasteiger partial charge on any atom is 0.258 e. The minimum Gasteiger partial charge on any atom is -0.312 e. The Balaban J connectivity index is 1.65. The fraction of sp³-hybridized carbons (Fsp3) is 0.526. The van der Waals surface area contributed by atoms with E-state index in [1.54, 1.807) is 0 Å². The molecule has 2 aromatic rings. The van der Waals surface area contributed by atoms with Crippen molar-refractivity contribution in [1.29, 1.82) is 0 Å². The Labute approximate surface area is 130 Å². The first-order chi connectivity index (χ1) is 10.7. The van der Waals surface area contributed by atoms with Gasteiger partial charge in [-0.3, -0.25) is 4.79 Å². The average molecular weight is 294 g/mol. The lowest BCUT2D eigenvalue weighted by atomic mass is 9.97. The van der Waals surface area contributed by atoms with Crippen molar-refractivity contribution < 1.29 is 0 Å². The van der Waals surface area contributed by atoms with Gasteiger partial charge in [0.2, 0.25) is 0 Å². The van der Waals surface area contributed by atoms with Crippen molar-refractivity contribution in [1.82, 2.24) is 9.47 Å². The van der Waals surface area contributed by atoms with E-state index in [9.17, 15) is 4.79 Å². The van der Waals surface area contributed by atoms with Gasteiger partial charge in [0.25, 0.3) is 5.56 Å². The predicted octanol–water partition coefficient (Wildman–Crippen LogP) is 2.90. The van der Waals surface area contributed by atoms with Gasteiger partial charge in [-0.2, -0.15) is 0 Å². The number of hydrogen-bond acceptors (Lipinski definition) is 2. The highest BCUT2D eigenvalue weighted by atomic mass is 16.1. The molecule has 2 fully saturated rings. The van der Waals surface area contributed by atoms with Crippen molar-refractivity contribution in [3.8, 4) is 0 Å². The van der Waals surface area contributed by atoms with E-state index in [-0.39, 0.29) is 5.56 Å². The smallest absolute Gasteiger partial charge is 0.258 e. The van der Waals surface area contributed by atoms with Gasteiger partial charge in [0.1, 0.15) is 0 Å². The molecule has 22 heavy (non-hydrogen) atoms. The van der Waals surface area contributed by atoms with E-state index in [4.69, 9.17) is 0 Å². The van der Waals surface area contributed by atoms with E-state index < -0.39 is 0 Å². The summed E-state index contributed by atoms with van der Waals surface area (Å²) in [5.41, 5.74) is 2.98. The Hall–Kier alpha value is -1.61. The third-order valence-corrected chi connectivity index (χ3v) is 6.36. The molecule has 3 atom stereocenters. The minimum atomic E-state index is 0.233. The van der Waals surface area contributed by atoms with Gasteiger partial charge >= 0.3 is 0 Å². The third-order valence-electron chi connectivity index (χ3n) is 6.36. The number of aromatic nitrogens is 1. The first-order valence-electron chi connectivity index (χ1n) is 8.60. The zero-order chi connectivity index (χ0) is 14.8. The van der Waals surface area contributed by atoms with Crippen LogP contribution in [0.3, 0.4) is 0 Å². The van der Waals surface area contributed by atoms with E-state index in [0.717, 1.165) is 31.1 Å². The molecule has 2 aliphatic heterocycles. The largest absolute Gasteiger partial charge is 0.312 e. The molecule has 5 rings (SSSR count). The van der Waals surface area contributed by atoms with Crippen LogP contribution in [0.25, 0.3) is 10.8 Å². The number of rotatable bonds is 1. The van der Waals surface area contributed by atoms with Gasteiger partial charge in [-0.25, -0.2) is 0 Å². The Morgan fingerprint density at radius 2 is 1.73 bits per heavy atom. The van der Waals surface area contributed by atoms with E-state index in [1.165, 1.54) is 29.4 Å². The highest BCUT2D eigenvalue weighted by Gasteiger charge is 2.39. The summed E-state index contributed by atoms with van der Waals surface area (Å²) < 4.78 is 2.09. The van der Waals surface area contributed by atoms with Crippen molar-refractivity contribution in [2.75, 3.05) is 7.05 Å². The zero-order valence-corrected chi connectivity index (χ0v) is 13.1. The first kappa shape index (κ1) is 12.9.